The largest absolute Gasteiger partial charge is 0.508 e. The van der Waals surface area contributed by atoms with Crippen molar-refractivity contribution in [2.45, 2.75) is 11.3 Å². The lowest BCUT2D eigenvalue weighted by molar-refractivity contribution is -0.113. The Morgan fingerprint density at radius 3 is 2.50 bits per heavy atom. The summed E-state index contributed by atoms with van der Waals surface area (Å²) < 4.78 is 5.38. The van der Waals surface area contributed by atoms with Crippen molar-refractivity contribution in [2.24, 2.45) is 4.99 Å². The summed E-state index contributed by atoms with van der Waals surface area (Å²) in [5.41, 5.74) is 2.88. The molecule has 1 amide bonds. The van der Waals surface area contributed by atoms with Crippen molar-refractivity contribution >= 4 is 46.0 Å². The number of amidine groups is 1. The molecular formula is C26H23N3O3S2. The minimum absolute atomic E-state index is 0.122. The Hall–Kier alpha value is -3.36. The molecule has 1 N–H and O–H groups in total. The molecule has 8 heteroatoms. The fraction of sp³-hybridized carbons (Fsp3) is 0.154. The van der Waals surface area contributed by atoms with E-state index in [1.165, 1.54) is 17.3 Å². The predicted molar refractivity (Wildman–Crippen MR) is 140 cm³/mol. The van der Waals surface area contributed by atoms with Gasteiger partial charge in [-0.25, -0.2) is 0 Å². The number of aliphatic imine (C=N–C) groups is 1. The second-order valence-corrected chi connectivity index (χ2v) is 9.80. The molecule has 6 nitrogen and oxygen atoms in total. The van der Waals surface area contributed by atoms with Crippen molar-refractivity contribution < 1.29 is 14.6 Å². The van der Waals surface area contributed by atoms with E-state index in [4.69, 9.17) is 9.73 Å². The van der Waals surface area contributed by atoms with E-state index >= 15 is 0 Å². The van der Waals surface area contributed by atoms with Crippen LogP contribution in [-0.4, -0.2) is 36.9 Å². The van der Waals surface area contributed by atoms with Crippen molar-refractivity contribution in [1.29, 1.82) is 0 Å². The number of phenols is 1. The van der Waals surface area contributed by atoms with Crippen molar-refractivity contribution in [3.05, 3.63) is 88.3 Å². The molecule has 1 saturated heterocycles. The number of hydrogen-bond donors (Lipinski definition) is 1. The monoisotopic (exact) mass is 489 g/mol. The first-order valence-electron chi connectivity index (χ1n) is 10.8. The fourth-order valence-corrected chi connectivity index (χ4v) is 6.15. The van der Waals surface area contributed by atoms with Gasteiger partial charge in [0.25, 0.3) is 5.91 Å². The number of nitrogens with zero attached hydrogens (tertiary/aromatic N) is 3. The number of fused-ring (bicyclic) bond motifs is 1. The van der Waals surface area contributed by atoms with Gasteiger partial charge in [0.2, 0.25) is 0 Å². The smallest absolute Gasteiger partial charge is 0.274 e. The van der Waals surface area contributed by atoms with E-state index < -0.39 is 0 Å². The lowest BCUT2D eigenvalue weighted by Gasteiger charge is -2.17. The van der Waals surface area contributed by atoms with Crippen LogP contribution in [0.25, 0.3) is 0 Å². The number of amides is 1. The van der Waals surface area contributed by atoms with Gasteiger partial charge < -0.3 is 14.7 Å². The highest BCUT2D eigenvalue weighted by Crippen LogP contribution is 2.51. The number of carbonyl (C=O) groups excluding carboxylic acids is 1. The Bertz CT molecular complexity index is 1290. The minimum Gasteiger partial charge on any atom is -0.508 e. The zero-order valence-corrected chi connectivity index (χ0v) is 20.4. The zero-order chi connectivity index (χ0) is 23.7. The zero-order valence-electron chi connectivity index (χ0n) is 18.8. The Labute approximate surface area is 206 Å². The van der Waals surface area contributed by atoms with Crippen LogP contribution in [0.5, 0.6) is 11.5 Å². The Morgan fingerprint density at radius 2 is 1.76 bits per heavy atom. The predicted octanol–water partition coefficient (Wildman–Crippen LogP) is 5.49. The van der Waals surface area contributed by atoms with E-state index in [0.717, 1.165) is 27.8 Å². The molecule has 5 rings (SSSR count). The average molecular weight is 490 g/mol. The van der Waals surface area contributed by atoms with Crippen LogP contribution in [0.4, 0.5) is 11.4 Å². The van der Waals surface area contributed by atoms with Crippen LogP contribution < -0.4 is 14.5 Å². The van der Waals surface area contributed by atoms with E-state index in [1.54, 1.807) is 48.0 Å². The van der Waals surface area contributed by atoms with E-state index in [-0.39, 0.29) is 11.7 Å². The lowest BCUT2D eigenvalue weighted by Crippen LogP contribution is -2.29. The molecule has 0 radical (unpaired) electrons. The molecule has 0 aliphatic carbocycles. The van der Waals surface area contributed by atoms with Crippen LogP contribution in [0.1, 0.15) is 5.56 Å². The molecule has 0 atom stereocenters. The van der Waals surface area contributed by atoms with Gasteiger partial charge in [-0.2, -0.15) is 0 Å². The minimum atomic E-state index is -0.122. The Morgan fingerprint density at radius 1 is 1.00 bits per heavy atom. The standard InChI is InChI=1S/C26H23N3O3S2/c1-28-21-16-20(32-2)12-13-22(21)33-25(28)23-24(31)29(18-8-10-19(30)11-9-18)26(34-23)27-15-14-17-6-4-3-5-7-17/h3-13,16,30H,14-15H2,1-2H3/b25-23-,27-26?. The van der Waals surface area contributed by atoms with Crippen molar-refractivity contribution in [3.63, 3.8) is 0 Å². The summed E-state index contributed by atoms with van der Waals surface area (Å²) in [5.74, 6) is 0.805. The van der Waals surface area contributed by atoms with Crippen LogP contribution in [0.15, 0.2) is 92.6 Å². The van der Waals surface area contributed by atoms with Gasteiger partial charge in [0.05, 0.1) is 23.5 Å². The van der Waals surface area contributed by atoms with E-state index in [1.807, 2.05) is 48.3 Å². The van der Waals surface area contributed by atoms with Crippen LogP contribution in [-0.2, 0) is 11.2 Å². The highest BCUT2D eigenvalue weighted by Gasteiger charge is 2.40. The molecule has 0 saturated carbocycles. The Kier molecular flexibility index (Phi) is 6.26. The van der Waals surface area contributed by atoms with Gasteiger partial charge in [-0.3, -0.25) is 14.7 Å². The van der Waals surface area contributed by atoms with Crippen LogP contribution in [0.2, 0.25) is 0 Å². The maximum absolute atomic E-state index is 13.7. The van der Waals surface area contributed by atoms with Crippen molar-refractivity contribution in [2.75, 3.05) is 30.5 Å². The molecule has 0 aromatic heterocycles. The summed E-state index contributed by atoms with van der Waals surface area (Å²) in [6.45, 7) is 0.567. The highest BCUT2D eigenvalue weighted by atomic mass is 32.2. The van der Waals surface area contributed by atoms with Gasteiger partial charge in [-0.1, -0.05) is 42.1 Å². The van der Waals surface area contributed by atoms with Gasteiger partial charge in [-0.15, -0.1) is 0 Å². The van der Waals surface area contributed by atoms with Crippen LogP contribution >= 0.6 is 23.5 Å². The molecule has 2 aliphatic heterocycles. The fourth-order valence-electron chi connectivity index (χ4n) is 3.82. The summed E-state index contributed by atoms with van der Waals surface area (Å²) in [6.07, 6.45) is 0.786. The Balaban J connectivity index is 1.49. The molecule has 3 aromatic rings. The number of hydrogen-bond acceptors (Lipinski definition) is 7. The van der Waals surface area contributed by atoms with Crippen molar-refractivity contribution in [3.8, 4) is 11.5 Å². The van der Waals surface area contributed by atoms with E-state index in [2.05, 4.69) is 12.1 Å². The summed E-state index contributed by atoms with van der Waals surface area (Å²) in [7, 11) is 3.61. The summed E-state index contributed by atoms with van der Waals surface area (Å²) in [5, 5.41) is 11.2. The number of anilines is 2. The average Bonchev–Trinajstić information content (AvgIpc) is 3.36. The molecular weight excluding hydrogens is 466 g/mol. The van der Waals surface area contributed by atoms with E-state index in [9.17, 15) is 9.90 Å². The number of carbonyl (C=O) groups is 1. The molecule has 34 heavy (non-hydrogen) atoms. The maximum Gasteiger partial charge on any atom is 0.274 e. The molecule has 0 spiro atoms. The topological polar surface area (TPSA) is 65.4 Å². The van der Waals surface area contributed by atoms with Gasteiger partial charge in [0, 0.05) is 24.6 Å². The highest BCUT2D eigenvalue weighted by molar-refractivity contribution is 8.20. The van der Waals surface area contributed by atoms with Gasteiger partial charge in [-0.05, 0) is 60.1 Å². The number of benzene rings is 3. The number of rotatable bonds is 5. The second kappa shape index (κ2) is 9.48. The molecule has 0 unspecified atom stereocenters. The number of phenolic OH excluding ortho intramolecular Hbond substituents is 1. The summed E-state index contributed by atoms with van der Waals surface area (Å²) >= 11 is 2.97. The number of thioether (sulfide) groups is 2. The normalized spacial score (nSPS) is 18.6. The van der Waals surface area contributed by atoms with Gasteiger partial charge in [0.1, 0.15) is 16.4 Å². The third kappa shape index (κ3) is 4.26. The first kappa shape index (κ1) is 22.4. The van der Waals surface area contributed by atoms with Gasteiger partial charge >= 0.3 is 0 Å². The quantitative estimate of drug-likeness (QED) is 0.478. The molecule has 3 aromatic carbocycles. The first-order chi connectivity index (χ1) is 16.5. The number of ether oxygens (including phenoxy) is 1. The molecule has 1 fully saturated rings. The SMILES string of the molecule is COc1ccc2c(c1)N(C)/C(=C1/SC(=NCCc3ccccc3)N(c3ccc(O)cc3)C1=O)S2. The first-order valence-corrected chi connectivity index (χ1v) is 12.4. The lowest BCUT2D eigenvalue weighted by atomic mass is 10.2. The summed E-state index contributed by atoms with van der Waals surface area (Å²) in [4.78, 5) is 23.9. The number of methoxy groups -OCH3 is 1. The summed E-state index contributed by atoms with van der Waals surface area (Å²) in [6, 6.07) is 22.7. The maximum atomic E-state index is 13.7. The molecule has 0 bridgehead atoms. The van der Waals surface area contributed by atoms with Gasteiger partial charge in [0.15, 0.2) is 5.17 Å². The third-order valence-corrected chi connectivity index (χ3v) is 8.05. The van der Waals surface area contributed by atoms with Crippen molar-refractivity contribution in [1.82, 2.24) is 0 Å². The molecule has 2 aliphatic rings. The third-order valence-electron chi connectivity index (χ3n) is 5.61. The molecule has 172 valence electrons. The van der Waals surface area contributed by atoms with Crippen LogP contribution in [0.3, 0.4) is 0 Å². The van der Waals surface area contributed by atoms with Crippen LogP contribution in [0, 0.1) is 0 Å². The van der Waals surface area contributed by atoms with E-state index in [0.29, 0.717) is 22.3 Å². The molecule has 2 heterocycles. The second-order valence-electron chi connectivity index (χ2n) is 7.79. The number of aromatic hydroxyl groups is 1.